The quantitative estimate of drug-likeness (QED) is 0.0913. The molecule has 12 heteroatoms. The van der Waals surface area contributed by atoms with Crippen LogP contribution in [0.15, 0.2) is 37.0 Å². The molecule has 2 amide bonds. The molecule has 1 aliphatic carbocycles. The Morgan fingerprint density at radius 2 is 1.28 bits per heavy atom. The summed E-state index contributed by atoms with van der Waals surface area (Å²) in [5, 5.41) is 5.42. The Morgan fingerprint density at radius 1 is 0.778 bits per heavy atom. The van der Waals surface area contributed by atoms with Crippen molar-refractivity contribution in [2.75, 3.05) is 65.9 Å². The topological polar surface area (TPSA) is 148 Å². The van der Waals surface area contributed by atoms with Gasteiger partial charge in [-0.2, -0.15) is 0 Å². The fourth-order valence-electron chi connectivity index (χ4n) is 3.01. The van der Waals surface area contributed by atoms with Crippen molar-refractivity contribution in [3.05, 3.63) is 37.0 Å². The molecule has 1 aliphatic rings. The number of ether oxygens (including phenoxy) is 6. The summed E-state index contributed by atoms with van der Waals surface area (Å²) < 4.78 is 30.0. The first-order chi connectivity index (χ1) is 17.4. The molecule has 0 fully saturated rings. The van der Waals surface area contributed by atoms with Crippen LogP contribution in [0.5, 0.6) is 0 Å². The minimum absolute atomic E-state index is 0.0722. The van der Waals surface area contributed by atoms with Crippen LogP contribution in [0.4, 0.5) is 9.59 Å². The summed E-state index contributed by atoms with van der Waals surface area (Å²) in [5.41, 5.74) is 1.06. The number of hydrogen-bond acceptors (Lipinski definition) is 10. The minimum Gasteiger partial charge on any atom is -0.460 e. The number of hydrogen-bond donors (Lipinski definition) is 2. The Labute approximate surface area is 210 Å². The van der Waals surface area contributed by atoms with Crippen LogP contribution in [0.1, 0.15) is 19.3 Å². The van der Waals surface area contributed by atoms with E-state index in [0.717, 1.165) is 37.0 Å². The molecule has 36 heavy (non-hydrogen) atoms. The lowest BCUT2D eigenvalue weighted by Gasteiger charge is -2.21. The Kier molecular flexibility index (Phi) is 16.9. The van der Waals surface area contributed by atoms with Gasteiger partial charge in [-0.15, -0.1) is 0 Å². The second kappa shape index (κ2) is 19.9. The molecule has 0 heterocycles. The highest BCUT2D eigenvalue weighted by atomic mass is 16.6. The first kappa shape index (κ1) is 30.7. The molecule has 0 saturated heterocycles. The molecule has 0 bridgehead atoms. The highest BCUT2D eigenvalue weighted by Crippen LogP contribution is 2.22. The maximum Gasteiger partial charge on any atom is 0.407 e. The van der Waals surface area contributed by atoms with Gasteiger partial charge in [0, 0.05) is 25.2 Å². The first-order valence-electron chi connectivity index (χ1n) is 11.7. The first-order valence-corrected chi connectivity index (χ1v) is 11.7. The van der Waals surface area contributed by atoms with E-state index in [1.54, 1.807) is 0 Å². The van der Waals surface area contributed by atoms with E-state index in [-0.39, 0.29) is 58.8 Å². The van der Waals surface area contributed by atoms with E-state index in [1.165, 1.54) is 0 Å². The van der Waals surface area contributed by atoms with Crippen LogP contribution in [0.25, 0.3) is 0 Å². The zero-order valence-electron chi connectivity index (χ0n) is 20.5. The van der Waals surface area contributed by atoms with Crippen LogP contribution in [0.2, 0.25) is 0 Å². The third-order valence-corrected chi connectivity index (χ3v) is 4.71. The summed E-state index contributed by atoms with van der Waals surface area (Å²) in [7, 11) is 0. The van der Waals surface area contributed by atoms with E-state index >= 15 is 0 Å². The van der Waals surface area contributed by atoms with Gasteiger partial charge >= 0.3 is 24.1 Å². The average Bonchev–Trinajstić information content (AvgIpc) is 2.89. The Morgan fingerprint density at radius 3 is 1.81 bits per heavy atom. The van der Waals surface area contributed by atoms with E-state index in [1.807, 2.05) is 6.08 Å². The lowest BCUT2D eigenvalue weighted by Crippen LogP contribution is -2.32. The molecule has 0 aromatic carbocycles. The number of amides is 2. The van der Waals surface area contributed by atoms with Gasteiger partial charge in [-0.1, -0.05) is 24.8 Å². The largest absolute Gasteiger partial charge is 0.460 e. The molecular weight excluding hydrogens is 476 g/mol. The Hall–Kier alpha value is -3.38. The summed E-state index contributed by atoms with van der Waals surface area (Å²) in [6, 6.07) is 0. The Bertz CT molecular complexity index is 753. The van der Waals surface area contributed by atoms with E-state index in [0.29, 0.717) is 13.1 Å². The maximum absolute atomic E-state index is 11.8. The van der Waals surface area contributed by atoms with Gasteiger partial charge in [0.2, 0.25) is 0 Å². The van der Waals surface area contributed by atoms with E-state index in [9.17, 15) is 19.2 Å². The molecule has 1 rings (SSSR count). The predicted molar refractivity (Wildman–Crippen MR) is 128 cm³/mol. The zero-order chi connectivity index (χ0) is 26.4. The number of alkyl carbamates (subject to hydrolysis) is 2. The highest BCUT2D eigenvalue weighted by Gasteiger charge is 2.16. The van der Waals surface area contributed by atoms with Gasteiger partial charge in [0.1, 0.15) is 26.4 Å². The van der Waals surface area contributed by atoms with Crippen LogP contribution in [0, 0.1) is 5.92 Å². The van der Waals surface area contributed by atoms with E-state index < -0.39 is 24.1 Å². The van der Waals surface area contributed by atoms with E-state index in [2.05, 4.69) is 23.8 Å². The standard InChI is InChI=1S/C24H36N2O10/c1-3-21(27)33-12-8-31-10-14-35-23(29)25-17-19-6-5-7-20(16-19)18-26-24(30)36-15-11-32-9-13-34-22(28)4-2/h3-4,16,19H,1-2,5-15,17-18H2,(H,25,29)(H,26,30). The summed E-state index contributed by atoms with van der Waals surface area (Å²) in [5.74, 6) is -0.902. The van der Waals surface area contributed by atoms with Crippen molar-refractivity contribution in [1.29, 1.82) is 0 Å². The van der Waals surface area contributed by atoms with Crippen molar-refractivity contribution in [3.8, 4) is 0 Å². The fourth-order valence-corrected chi connectivity index (χ4v) is 3.01. The van der Waals surface area contributed by atoms with Gasteiger partial charge in [-0.3, -0.25) is 0 Å². The fraction of sp³-hybridized carbons (Fsp3) is 0.583. The third-order valence-electron chi connectivity index (χ3n) is 4.71. The van der Waals surface area contributed by atoms with Gasteiger partial charge in [0.15, 0.2) is 0 Å². The number of carbonyl (C=O) groups excluding carboxylic acids is 4. The van der Waals surface area contributed by atoms with Crippen molar-refractivity contribution < 1.29 is 47.6 Å². The van der Waals surface area contributed by atoms with Gasteiger partial charge in [-0.05, 0) is 25.2 Å². The molecule has 0 aromatic heterocycles. The van der Waals surface area contributed by atoms with Crippen LogP contribution >= 0.6 is 0 Å². The highest BCUT2D eigenvalue weighted by molar-refractivity contribution is 5.81. The summed E-state index contributed by atoms with van der Waals surface area (Å²) in [4.78, 5) is 45.4. The molecule has 2 N–H and O–H groups in total. The Balaban J connectivity index is 2.09. The number of nitrogens with one attached hydrogen (secondary N) is 2. The zero-order valence-corrected chi connectivity index (χ0v) is 20.5. The smallest absolute Gasteiger partial charge is 0.407 e. The van der Waals surface area contributed by atoms with E-state index in [4.69, 9.17) is 28.4 Å². The van der Waals surface area contributed by atoms with Crippen molar-refractivity contribution in [2.24, 2.45) is 5.92 Å². The number of rotatable bonds is 18. The van der Waals surface area contributed by atoms with Crippen LogP contribution in [-0.4, -0.2) is 90.1 Å². The molecule has 12 nitrogen and oxygen atoms in total. The number of carbonyl (C=O) groups is 4. The van der Waals surface area contributed by atoms with Gasteiger partial charge < -0.3 is 39.1 Å². The van der Waals surface area contributed by atoms with Crippen molar-refractivity contribution in [1.82, 2.24) is 10.6 Å². The minimum atomic E-state index is -0.553. The van der Waals surface area contributed by atoms with Crippen LogP contribution < -0.4 is 10.6 Å². The van der Waals surface area contributed by atoms with Crippen LogP contribution in [-0.2, 0) is 38.0 Å². The van der Waals surface area contributed by atoms with Gasteiger partial charge in [-0.25, -0.2) is 19.2 Å². The lowest BCUT2D eigenvalue weighted by atomic mass is 9.90. The summed E-state index contributed by atoms with van der Waals surface area (Å²) in [6.45, 7) is 8.46. The molecule has 202 valence electrons. The van der Waals surface area contributed by atoms with Gasteiger partial charge in [0.05, 0.1) is 26.4 Å². The van der Waals surface area contributed by atoms with Crippen molar-refractivity contribution in [2.45, 2.75) is 19.3 Å². The molecule has 0 aromatic rings. The molecule has 0 aliphatic heterocycles. The average molecular weight is 513 g/mol. The number of esters is 2. The molecule has 0 saturated carbocycles. The molecular formula is C24H36N2O10. The second-order valence-electron chi connectivity index (χ2n) is 7.45. The van der Waals surface area contributed by atoms with Crippen molar-refractivity contribution >= 4 is 24.1 Å². The summed E-state index contributed by atoms with van der Waals surface area (Å²) in [6.07, 6.45) is 5.80. The molecule has 0 radical (unpaired) electrons. The SMILES string of the molecule is C=CC(=O)OCCOCCOC(=O)NCC1=CC(CNC(=O)OCCOCCOC(=O)C=C)CCC1. The molecule has 1 atom stereocenters. The lowest BCUT2D eigenvalue weighted by molar-refractivity contribution is -0.140. The normalized spacial score (nSPS) is 14.6. The predicted octanol–water partition coefficient (Wildman–Crippen LogP) is 1.66. The maximum atomic E-state index is 11.8. The van der Waals surface area contributed by atoms with Crippen LogP contribution in [0.3, 0.4) is 0 Å². The summed E-state index contributed by atoms with van der Waals surface area (Å²) >= 11 is 0. The molecule has 1 unspecified atom stereocenters. The van der Waals surface area contributed by atoms with Crippen molar-refractivity contribution in [3.63, 3.8) is 0 Å². The molecule has 0 spiro atoms. The second-order valence-corrected chi connectivity index (χ2v) is 7.45. The monoisotopic (exact) mass is 512 g/mol. The van der Waals surface area contributed by atoms with Gasteiger partial charge in [0.25, 0.3) is 0 Å². The third kappa shape index (κ3) is 16.3.